The summed E-state index contributed by atoms with van der Waals surface area (Å²) in [7, 11) is -3.11. The molecule has 4 atom stereocenters. The molecule has 0 heterocycles. The highest BCUT2D eigenvalue weighted by atomic mass is 32.3. The Morgan fingerprint density at radius 1 is 1.20 bits per heavy atom. The number of carbonyl (C=O) groups excluding carboxylic acids is 1. The molecule has 1 saturated carbocycles. The van der Waals surface area contributed by atoms with Gasteiger partial charge in [-0.1, -0.05) is 63.3 Å². The van der Waals surface area contributed by atoms with Gasteiger partial charge in [0, 0.05) is 18.2 Å². The van der Waals surface area contributed by atoms with E-state index in [9.17, 15) is 18.3 Å². The van der Waals surface area contributed by atoms with Gasteiger partial charge in [0.25, 0.3) is 0 Å². The van der Waals surface area contributed by atoms with Crippen molar-refractivity contribution in [2.45, 2.75) is 65.6 Å². The number of hydrogen-bond donors (Lipinski definition) is 4. The molecule has 0 aromatic rings. The van der Waals surface area contributed by atoms with Crippen LogP contribution >= 0.6 is 10.8 Å². The summed E-state index contributed by atoms with van der Waals surface area (Å²) in [6, 6.07) is 0. The van der Waals surface area contributed by atoms with Crippen LogP contribution < -0.4 is 10.0 Å². The van der Waals surface area contributed by atoms with Crippen molar-refractivity contribution in [3.8, 4) is 0 Å². The van der Waals surface area contributed by atoms with Gasteiger partial charge in [-0.25, -0.2) is 9.11 Å². The normalized spacial score (nSPS) is 21.9. The van der Waals surface area contributed by atoms with Crippen LogP contribution in [0.25, 0.3) is 0 Å². The molecule has 0 radical (unpaired) electrons. The highest BCUT2D eigenvalue weighted by molar-refractivity contribution is 8.23. The lowest BCUT2D eigenvalue weighted by Crippen LogP contribution is -2.33. The molecule has 1 amide bonds. The van der Waals surface area contributed by atoms with Crippen molar-refractivity contribution in [3.63, 3.8) is 0 Å². The number of amides is 1. The molecule has 0 spiro atoms. The van der Waals surface area contributed by atoms with E-state index in [0.717, 1.165) is 29.7 Å². The van der Waals surface area contributed by atoms with Gasteiger partial charge in [0.1, 0.15) is 6.67 Å². The summed E-state index contributed by atoms with van der Waals surface area (Å²) >= 11 is 0. The zero-order valence-electron chi connectivity index (χ0n) is 22.0. The Balaban J connectivity index is 2.79. The summed E-state index contributed by atoms with van der Waals surface area (Å²) in [4.78, 5) is 12.6. The summed E-state index contributed by atoms with van der Waals surface area (Å²) < 4.78 is 37.1. The van der Waals surface area contributed by atoms with Crippen LogP contribution in [0.5, 0.6) is 0 Å². The predicted molar refractivity (Wildman–Crippen MR) is 149 cm³/mol. The molecule has 0 aromatic heterocycles. The fraction of sp³-hybridized carbons (Fsp3) is 0.536. The number of rotatable bonds is 16. The van der Waals surface area contributed by atoms with E-state index in [4.69, 9.17) is 0 Å². The van der Waals surface area contributed by atoms with Crippen molar-refractivity contribution in [1.29, 1.82) is 0 Å². The Morgan fingerprint density at radius 2 is 1.89 bits per heavy atom. The predicted octanol–water partition coefficient (Wildman–Crippen LogP) is 7.25. The minimum Gasteiger partial charge on any atom is -0.326 e. The smallest absolute Gasteiger partial charge is 0.247 e. The maximum Gasteiger partial charge on any atom is 0.247 e. The van der Waals surface area contributed by atoms with E-state index in [0.29, 0.717) is 25.3 Å². The van der Waals surface area contributed by atoms with Crippen LogP contribution in [0.3, 0.4) is 0 Å². The average molecular weight is 509 g/mol. The highest BCUT2D eigenvalue weighted by Crippen LogP contribution is 2.44. The third-order valence-corrected chi connectivity index (χ3v) is 8.14. The lowest BCUT2D eigenvalue weighted by Gasteiger charge is -2.40. The summed E-state index contributed by atoms with van der Waals surface area (Å²) in [5.74, 6) is 0.604. The van der Waals surface area contributed by atoms with Gasteiger partial charge in [-0.3, -0.25) is 13.9 Å². The fourth-order valence-electron chi connectivity index (χ4n) is 3.85. The van der Waals surface area contributed by atoms with Crippen LogP contribution in [0.15, 0.2) is 72.0 Å². The maximum atomic E-state index is 12.6. The molecule has 0 saturated heterocycles. The summed E-state index contributed by atoms with van der Waals surface area (Å²) in [5.41, 5.74) is 2.82. The largest absolute Gasteiger partial charge is 0.326 e. The van der Waals surface area contributed by atoms with Crippen LogP contribution in [0.1, 0.15) is 60.3 Å². The highest BCUT2D eigenvalue weighted by Gasteiger charge is 2.37. The van der Waals surface area contributed by atoms with Crippen molar-refractivity contribution < 1.29 is 18.3 Å². The number of halogens is 1. The topological polar surface area (TPSA) is 81.6 Å². The van der Waals surface area contributed by atoms with Gasteiger partial charge in [0.2, 0.25) is 5.91 Å². The molecule has 1 fully saturated rings. The molecule has 1 aliphatic carbocycles. The molecular weight excluding hydrogens is 463 g/mol. The molecule has 0 aromatic carbocycles. The fourth-order valence-corrected chi connectivity index (χ4v) is 5.37. The summed E-state index contributed by atoms with van der Waals surface area (Å²) in [6.45, 7) is 13.7. The molecule has 5 nitrogen and oxygen atoms in total. The monoisotopic (exact) mass is 508 g/mol. The maximum absolute atomic E-state index is 12.6. The first kappa shape index (κ1) is 31.1. The van der Waals surface area contributed by atoms with Crippen molar-refractivity contribution in [2.24, 2.45) is 17.8 Å². The van der Waals surface area contributed by atoms with E-state index in [1.807, 2.05) is 26.8 Å². The number of hydrogen-bond acceptors (Lipinski definition) is 4. The van der Waals surface area contributed by atoms with E-state index in [2.05, 4.69) is 42.6 Å². The second kappa shape index (κ2) is 15.9. The van der Waals surface area contributed by atoms with Gasteiger partial charge in [-0.2, -0.15) is 0 Å². The molecule has 7 heteroatoms. The molecule has 198 valence electrons. The summed E-state index contributed by atoms with van der Waals surface area (Å²) in [5, 5.41) is 2.46. The zero-order valence-corrected chi connectivity index (χ0v) is 22.8. The second-order valence-electron chi connectivity index (χ2n) is 9.19. The molecule has 1 aliphatic rings. The minimum atomic E-state index is -3.11. The van der Waals surface area contributed by atoms with Crippen LogP contribution in [0, 0.1) is 17.8 Å². The lowest BCUT2D eigenvalue weighted by molar-refractivity contribution is -0.115. The van der Waals surface area contributed by atoms with Crippen LogP contribution in [0.4, 0.5) is 4.39 Å². The first-order chi connectivity index (χ1) is 16.6. The average Bonchev–Trinajstić information content (AvgIpc) is 3.55. The number of carbonyl (C=O) groups is 1. The van der Waals surface area contributed by atoms with Gasteiger partial charge in [0.15, 0.2) is 0 Å². The first-order valence-electron chi connectivity index (χ1n) is 12.5. The van der Waals surface area contributed by atoms with Crippen LogP contribution in [0.2, 0.25) is 0 Å². The van der Waals surface area contributed by atoms with Gasteiger partial charge >= 0.3 is 0 Å². The van der Waals surface area contributed by atoms with E-state index in [1.165, 1.54) is 12.2 Å². The van der Waals surface area contributed by atoms with Crippen molar-refractivity contribution in [2.75, 3.05) is 13.2 Å². The van der Waals surface area contributed by atoms with E-state index in [-0.39, 0.29) is 17.7 Å². The Bertz CT molecular complexity index is 845. The zero-order chi connectivity index (χ0) is 26.4. The second-order valence-corrected chi connectivity index (χ2v) is 11.3. The van der Waals surface area contributed by atoms with Gasteiger partial charge in [-0.15, -0.1) is 17.4 Å². The van der Waals surface area contributed by atoms with Gasteiger partial charge in [0.05, 0.1) is 5.25 Å². The number of nitrogens with one attached hydrogen (secondary N) is 2. The van der Waals surface area contributed by atoms with Gasteiger partial charge in [-0.05, 0) is 68.6 Å². The molecule has 4 N–H and O–H groups in total. The number of allylic oxidation sites excluding steroid dienone is 9. The molecule has 0 bridgehead atoms. The van der Waals surface area contributed by atoms with Crippen molar-refractivity contribution >= 4 is 16.7 Å². The van der Waals surface area contributed by atoms with Crippen LogP contribution in [-0.4, -0.2) is 33.5 Å². The molecule has 0 aliphatic heterocycles. The minimum absolute atomic E-state index is 0.115. The lowest BCUT2D eigenvalue weighted by atomic mass is 10.0. The number of alkyl halides is 1. The van der Waals surface area contributed by atoms with Crippen LogP contribution in [-0.2, 0) is 4.79 Å². The van der Waals surface area contributed by atoms with E-state index < -0.39 is 22.7 Å². The Hall–Kier alpha value is -1.93. The third kappa shape index (κ3) is 11.1. The Kier molecular flexibility index (Phi) is 14.2. The van der Waals surface area contributed by atoms with Crippen molar-refractivity contribution in [1.82, 2.24) is 10.0 Å². The van der Waals surface area contributed by atoms with Crippen molar-refractivity contribution in [3.05, 3.63) is 72.0 Å². The third-order valence-electron chi connectivity index (χ3n) is 6.23. The van der Waals surface area contributed by atoms with E-state index >= 15 is 0 Å². The Labute approximate surface area is 213 Å². The molecular formula is C28H45FN2O3S. The first-order valence-corrected chi connectivity index (χ1v) is 14.1. The quantitative estimate of drug-likeness (QED) is 0.101. The van der Waals surface area contributed by atoms with Gasteiger partial charge < -0.3 is 5.32 Å². The standard InChI is InChI=1S/C28H45FN2O3S/c1-7-10-15-24(9-3)23(6)20-30-35(33,34)25(13-8-2)16-11-17-27(32)31-28(26-19-22(26)5)21(4)14-12-18-29/h8-12,14-15,17,22-23,25-26,30,33-34H,2,7,13,16,18-20H2,1,3-6H3,(H,31,32)/b14-12+,15-10-,17-11-,24-9+,28-21+/t22-,23+,25+,26?/m1/s1. The molecule has 35 heavy (non-hydrogen) atoms. The van der Waals surface area contributed by atoms with E-state index in [1.54, 1.807) is 18.2 Å². The Morgan fingerprint density at radius 3 is 2.43 bits per heavy atom. The SMILES string of the molecule is C=CC[C@@H](C/C=C\C(=O)N/C(=C(C)/C=C/CF)C1C[C@H]1C)S(O)(O)NC[C@H](C)C(/C=C\CC)=C/C. The summed E-state index contributed by atoms with van der Waals surface area (Å²) in [6.07, 6.45) is 16.7. The molecule has 1 unspecified atom stereocenters. The molecule has 1 rings (SSSR count).